The fourth-order valence-corrected chi connectivity index (χ4v) is 1.04. The predicted octanol–water partition coefficient (Wildman–Crippen LogP) is 2.75. The number of halogens is 1. The van der Waals surface area contributed by atoms with Gasteiger partial charge in [-0.1, -0.05) is 0 Å². The molecule has 3 nitrogen and oxygen atoms in total. The molecule has 1 aromatic rings. The van der Waals surface area contributed by atoms with Crippen LogP contribution < -0.4 is 9.47 Å². The Morgan fingerprint density at radius 2 is 2.06 bits per heavy atom. The van der Waals surface area contributed by atoms with Gasteiger partial charge in [0, 0.05) is 12.4 Å². The van der Waals surface area contributed by atoms with Crippen LogP contribution >= 0.6 is 13.6 Å². The average molecular weight is 341 g/mol. The summed E-state index contributed by atoms with van der Waals surface area (Å²) in [5.74, 6) is 1.43. The van der Waals surface area contributed by atoms with E-state index in [-0.39, 0.29) is 0 Å². The van der Waals surface area contributed by atoms with E-state index in [2.05, 4.69) is 19.7 Å². The van der Waals surface area contributed by atoms with Crippen molar-refractivity contribution in [3.05, 3.63) is 24.3 Å². The van der Waals surface area contributed by atoms with E-state index in [9.17, 15) is 0 Å². The third-order valence-electron chi connectivity index (χ3n) is 1.70. The van der Waals surface area contributed by atoms with E-state index in [4.69, 9.17) is 14.2 Å². The summed E-state index contributed by atoms with van der Waals surface area (Å²) >= 11 is 4.25. The van der Waals surface area contributed by atoms with E-state index in [1.165, 1.54) is 16.3 Å². The van der Waals surface area contributed by atoms with E-state index in [0.717, 1.165) is 5.75 Å². The van der Waals surface area contributed by atoms with Gasteiger partial charge in [-0.05, 0) is 6.92 Å². The number of benzene rings is 1. The van der Waals surface area contributed by atoms with E-state index in [1.807, 2.05) is 13.0 Å². The first-order valence-corrected chi connectivity index (χ1v) is 11.8. The SMILES string of the molecule is CCOCCOc1c[c-]ccc1OC.[Zn+][Br]. The molecule has 0 N–H and O–H groups in total. The van der Waals surface area contributed by atoms with E-state index in [1.54, 1.807) is 19.2 Å². The van der Waals surface area contributed by atoms with Crippen molar-refractivity contribution in [2.24, 2.45) is 0 Å². The minimum absolute atomic E-state index is 0.530. The molecule has 5 heteroatoms. The molecule has 0 saturated heterocycles. The monoisotopic (exact) mass is 338 g/mol. The first-order valence-electron chi connectivity index (χ1n) is 4.89. The second kappa shape index (κ2) is 11.4. The van der Waals surface area contributed by atoms with Gasteiger partial charge in [0.15, 0.2) is 0 Å². The van der Waals surface area contributed by atoms with Crippen molar-refractivity contribution in [3.8, 4) is 11.5 Å². The molecule has 0 atom stereocenters. The number of rotatable bonds is 6. The number of ether oxygens (including phenoxy) is 3. The molecule has 0 fully saturated rings. The van der Waals surface area contributed by atoms with Crippen LogP contribution in [0.4, 0.5) is 0 Å². The number of hydrogen-bond donors (Lipinski definition) is 0. The average Bonchev–Trinajstić information content (AvgIpc) is 2.37. The molecular weight excluding hydrogens is 325 g/mol. The van der Waals surface area contributed by atoms with Crippen LogP contribution in [0.15, 0.2) is 18.2 Å². The Morgan fingerprint density at radius 3 is 2.69 bits per heavy atom. The molecule has 0 amide bonds. The molecule has 16 heavy (non-hydrogen) atoms. The summed E-state index contributed by atoms with van der Waals surface area (Å²) in [6.07, 6.45) is 0. The molecule has 0 unspecified atom stereocenters. The Bertz CT molecular complexity index is 271. The summed E-state index contributed by atoms with van der Waals surface area (Å²) in [5.41, 5.74) is 0. The van der Waals surface area contributed by atoms with Crippen molar-refractivity contribution < 1.29 is 30.6 Å². The van der Waals surface area contributed by atoms with Gasteiger partial charge in [-0.3, -0.25) is 0 Å². The first kappa shape index (κ1) is 15.9. The van der Waals surface area contributed by atoms with Gasteiger partial charge in [-0.15, -0.1) is 12.1 Å². The maximum atomic E-state index is 5.45. The fraction of sp³-hybridized carbons (Fsp3) is 0.455. The predicted molar refractivity (Wildman–Crippen MR) is 62.7 cm³/mol. The zero-order chi connectivity index (χ0) is 12.2. The summed E-state index contributed by atoms with van der Waals surface area (Å²) in [5, 5.41) is 0. The second-order valence-corrected chi connectivity index (χ2v) is 2.62. The van der Waals surface area contributed by atoms with Crippen LogP contribution in [0.25, 0.3) is 0 Å². The Morgan fingerprint density at radius 1 is 1.31 bits per heavy atom. The quantitative estimate of drug-likeness (QED) is 0.453. The summed E-state index contributed by atoms with van der Waals surface area (Å²) in [6, 6.07) is 8.29. The standard InChI is InChI=1S/C11H15O3.BrH.Zn/c1-3-13-8-9-14-11-7-5-4-6-10(11)12-2;;/h4,6-7H,3,8-9H2,1-2H3;1H;/q-1;;+2/p-1. The van der Waals surface area contributed by atoms with Crippen molar-refractivity contribution in [1.29, 1.82) is 0 Å². The van der Waals surface area contributed by atoms with Gasteiger partial charge in [0.05, 0.1) is 26.1 Å². The van der Waals surface area contributed by atoms with Gasteiger partial charge in [-0.25, -0.2) is 0 Å². The van der Waals surface area contributed by atoms with E-state index >= 15 is 0 Å². The maximum absolute atomic E-state index is 5.45. The Kier molecular flexibility index (Phi) is 11.3. The van der Waals surface area contributed by atoms with Crippen LogP contribution in [0.1, 0.15) is 6.92 Å². The van der Waals surface area contributed by atoms with Crippen LogP contribution in [0.2, 0.25) is 0 Å². The molecule has 0 spiro atoms. The van der Waals surface area contributed by atoms with Gasteiger partial charge in [0.2, 0.25) is 0 Å². The molecular formula is C11H15BrO3Zn. The molecule has 0 aromatic heterocycles. The van der Waals surface area contributed by atoms with Crippen molar-refractivity contribution in [2.75, 3.05) is 26.9 Å². The third-order valence-corrected chi connectivity index (χ3v) is 1.70. The van der Waals surface area contributed by atoms with Crippen LogP contribution in [-0.2, 0) is 21.1 Å². The molecule has 1 aromatic carbocycles. The normalized spacial score (nSPS) is 9.06. The Labute approximate surface area is 113 Å². The summed E-state index contributed by atoms with van der Waals surface area (Å²) in [6.45, 7) is 3.79. The van der Waals surface area contributed by atoms with E-state index < -0.39 is 0 Å². The zero-order valence-corrected chi connectivity index (χ0v) is 14.2. The zero-order valence-electron chi connectivity index (χ0n) is 9.66. The molecule has 0 aliphatic heterocycles. The second-order valence-electron chi connectivity index (χ2n) is 2.62. The summed E-state index contributed by atoms with van der Waals surface area (Å²) in [7, 11) is 1.62. The van der Waals surface area contributed by atoms with Crippen molar-refractivity contribution in [3.63, 3.8) is 0 Å². The fourth-order valence-electron chi connectivity index (χ4n) is 1.04. The van der Waals surface area contributed by atoms with E-state index in [0.29, 0.717) is 25.6 Å². The Balaban J connectivity index is 0.00000106. The van der Waals surface area contributed by atoms with Gasteiger partial charge in [-0.2, -0.15) is 12.1 Å². The summed E-state index contributed by atoms with van der Waals surface area (Å²) < 4.78 is 15.7. The van der Waals surface area contributed by atoms with Crippen LogP contribution in [0.5, 0.6) is 11.5 Å². The molecule has 0 heterocycles. The Hall–Kier alpha value is -0.117. The van der Waals surface area contributed by atoms with Crippen molar-refractivity contribution in [2.45, 2.75) is 6.92 Å². The van der Waals surface area contributed by atoms with Crippen molar-refractivity contribution >= 4 is 13.6 Å². The molecule has 0 aliphatic rings. The topological polar surface area (TPSA) is 27.7 Å². The van der Waals surface area contributed by atoms with Crippen LogP contribution in [0.3, 0.4) is 0 Å². The molecule has 0 bridgehead atoms. The third kappa shape index (κ3) is 6.46. The van der Waals surface area contributed by atoms with Gasteiger partial charge in [0.25, 0.3) is 0 Å². The van der Waals surface area contributed by atoms with Gasteiger partial charge >= 0.3 is 30.0 Å². The van der Waals surface area contributed by atoms with Crippen molar-refractivity contribution in [1.82, 2.24) is 0 Å². The first-order chi connectivity index (χ1) is 7.88. The molecule has 0 aliphatic carbocycles. The van der Waals surface area contributed by atoms with Crippen LogP contribution in [0, 0.1) is 6.07 Å². The molecule has 0 saturated carbocycles. The van der Waals surface area contributed by atoms with Gasteiger partial charge in [0.1, 0.15) is 0 Å². The minimum atomic E-state index is 0.530. The van der Waals surface area contributed by atoms with Gasteiger partial charge < -0.3 is 14.2 Å². The van der Waals surface area contributed by atoms with Crippen LogP contribution in [-0.4, -0.2) is 26.9 Å². The molecule has 1 rings (SSSR count). The molecule has 0 radical (unpaired) electrons. The number of methoxy groups -OCH3 is 1. The number of hydrogen-bond acceptors (Lipinski definition) is 3. The summed E-state index contributed by atoms with van der Waals surface area (Å²) in [4.78, 5) is 0. The molecule has 86 valence electrons.